The van der Waals surface area contributed by atoms with Gasteiger partial charge in [-0.15, -0.1) is 0 Å². The molecule has 0 aliphatic heterocycles. The van der Waals surface area contributed by atoms with Crippen LogP contribution in [0.25, 0.3) is 0 Å². The molecule has 1 atom stereocenters. The number of aliphatic hydroxyl groups excluding tert-OH is 1. The summed E-state index contributed by atoms with van der Waals surface area (Å²) in [7, 11) is 0. The Hall–Kier alpha value is -1.71. The van der Waals surface area contributed by atoms with E-state index in [4.69, 9.17) is 5.11 Å². The average Bonchev–Trinajstić information content (AvgIpc) is 2.50. The maximum atomic E-state index is 12.9. The molecule has 20 heavy (non-hydrogen) atoms. The minimum atomic E-state index is -0.205. The smallest absolute Gasteiger partial charge is 0.123 e. The lowest BCUT2D eigenvalue weighted by atomic mass is 10.0. The molecule has 0 heterocycles. The normalized spacial score (nSPS) is 12.3. The molecular weight excluding hydrogens is 253 g/mol. The molecule has 1 unspecified atom stereocenters. The number of rotatable bonds is 6. The summed E-state index contributed by atoms with van der Waals surface area (Å²) < 4.78 is 12.9. The molecule has 0 aliphatic carbocycles. The first-order valence-electron chi connectivity index (χ1n) is 6.90. The monoisotopic (exact) mass is 273 g/mol. The Bertz CT molecular complexity index is 522. The first-order chi connectivity index (χ1) is 9.72. The van der Waals surface area contributed by atoms with E-state index in [0.29, 0.717) is 0 Å². The van der Waals surface area contributed by atoms with Gasteiger partial charge in [0.05, 0.1) is 6.61 Å². The van der Waals surface area contributed by atoms with Gasteiger partial charge in [-0.3, -0.25) is 0 Å². The van der Waals surface area contributed by atoms with Crippen LogP contribution >= 0.6 is 0 Å². The molecule has 0 fully saturated rings. The predicted molar refractivity (Wildman–Crippen MR) is 78.6 cm³/mol. The van der Waals surface area contributed by atoms with Crippen LogP contribution in [-0.2, 0) is 13.2 Å². The van der Waals surface area contributed by atoms with Gasteiger partial charge in [-0.2, -0.15) is 0 Å². The van der Waals surface area contributed by atoms with Crippen LogP contribution in [0.15, 0.2) is 48.5 Å². The second-order valence-corrected chi connectivity index (χ2v) is 4.87. The van der Waals surface area contributed by atoms with E-state index in [0.717, 1.165) is 24.1 Å². The van der Waals surface area contributed by atoms with Gasteiger partial charge in [-0.1, -0.05) is 43.3 Å². The Morgan fingerprint density at radius 1 is 1.00 bits per heavy atom. The van der Waals surface area contributed by atoms with Crippen molar-refractivity contribution in [3.05, 3.63) is 71.0 Å². The van der Waals surface area contributed by atoms with Crippen molar-refractivity contribution in [2.45, 2.75) is 32.5 Å². The highest BCUT2D eigenvalue weighted by molar-refractivity contribution is 5.23. The van der Waals surface area contributed by atoms with E-state index < -0.39 is 0 Å². The molecule has 2 rings (SSSR count). The summed E-state index contributed by atoms with van der Waals surface area (Å²) in [6.45, 7) is 2.93. The fraction of sp³-hybridized carbons (Fsp3) is 0.294. The van der Waals surface area contributed by atoms with Crippen molar-refractivity contribution in [2.24, 2.45) is 0 Å². The van der Waals surface area contributed by atoms with Gasteiger partial charge >= 0.3 is 0 Å². The molecule has 2 aromatic carbocycles. The molecule has 0 bridgehead atoms. The van der Waals surface area contributed by atoms with Gasteiger partial charge in [-0.05, 0) is 35.2 Å². The van der Waals surface area contributed by atoms with Gasteiger partial charge in [0.15, 0.2) is 0 Å². The predicted octanol–water partition coefficient (Wildman–Crippen LogP) is 3.56. The zero-order valence-corrected chi connectivity index (χ0v) is 11.6. The highest BCUT2D eigenvalue weighted by atomic mass is 19.1. The van der Waals surface area contributed by atoms with Crippen molar-refractivity contribution >= 4 is 0 Å². The zero-order valence-electron chi connectivity index (χ0n) is 11.6. The van der Waals surface area contributed by atoms with E-state index in [1.165, 1.54) is 17.7 Å². The van der Waals surface area contributed by atoms with Crippen LogP contribution in [0.3, 0.4) is 0 Å². The first kappa shape index (κ1) is 14.7. The largest absolute Gasteiger partial charge is 0.392 e. The zero-order chi connectivity index (χ0) is 14.4. The van der Waals surface area contributed by atoms with Crippen LogP contribution in [0.2, 0.25) is 0 Å². The van der Waals surface area contributed by atoms with E-state index in [9.17, 15) is 4.39 Å². The molecule has 0 saturated heterocycles. The number of hydrogen-bond acceptors (Lipinski definition) is 2. The molecule has 2 aromatic rings. The minimum Gasteiger partial charge on any atom is -0.392 e. The number of hydrogen-bond donors (Lipinski definition) is 2. The summed E-state index contributed by atoms with van der Waals surface area (Å²) in [5.41, 5.74) is 3.18. The number of nitrogens with one attached hydrogen (secondary N) is 1. The van der Waals surface area contributed by atoms with Crippen LogP contribution in [0.5, 0.6) is 0 Å². The molecular formula is C17H20FNO. The Kier molecular flexibility index (Phi) is 5.27. The quantitative estimate of drug-likeness (QED) is 0.843. The summed E-state index contributed by atoms with van der Waals surface area (Å²) in [5, 5.41) is 12.5. The average molecular weight is 273 g/mol. The summed E-state index contributed by atoms with van der Waals surface area (Å²) in [4.78, 5) is 0. The summed E-state index contributed by atoms with van der Waals surface area (Å²) >= 11 is 0. The molecule has 0 radical (unpaired) electrons. The third-order valence-electron chi connectivity index (χ3n) is 3.44. The SMILES string of the molecule is CCC(NCc1ccc(CO)cc1)c1ccc(F)cc1. The third kappa shape index (κ3) is 3.89. The van der Waals surface area contributed by atoms with Crippen LogP contribution in [0.4, 0.5) is 4.39 Å². The Labute approximate surface area is 119 Å². The third-order valence-corrected chi connectivity index (χ3v) is 3.44. The van der Waals surface area contributed by atoms with Crippen molar-refractivity contribution in [2.75, 3.05) is 0 Å². The molecule has 0 saturated carbocycles. The van der Waals surface area contributed by atoms with Gasteiger partial charge in [0.25, 0.3) is 0 Å². The molecule has 2 nitrogen and oxygen atoms in total. The number of benzene rings is 2. The highest BCUT2D eigenvalue weighted by Crippen LogP contribution is 2.17. The summed E-state index contributed by atoms with van der Waals surface area (Å²) in [5.74, 6) is -0.205. The number of aliphatic hydroxyl groups is 1. The van der Waals surface area contributed by atoms with Gasteiger partial charge in [-0.25, -0.2) is 4.39 Å². The fourth-order valence-electron chi connectivity index (χ4n) is 2.20. The maximum absolute atomic E-state index is 12.9. The van der Waals surface area contributed by atoms with Gasteiger partial charge in [0.2, 0.25) is 0 Å². The fourth-order valence-corrected chi connectivity index (χ4v) is 2.20. The van der Waals surface area contributed by atoms with Crippen LogP contribution in [0, 0.1) is 5.82 Å². The molecule has 0 amide bonds. The second-order valence-electron chi connectivity index (χ2n) is 4.87. The molecule has 0 aromatic heterocycles. The highest BCUT2D eigenvalue weighted by Gasteiger charge is 2.08. The molecule has 0 spiro atoms. The second kappa shape index (κ2) is 7.17. The van der Waals surface area contributed by atoms with Crippen LogP contribution in [0.1, 0.15) is 36.1 Å². The maximum Gasteiger partial charge on any atom is 0.123 e. The molecule has 0 aliphatic rings. The van der Waals surface area contributed by atoms with Crippen molar-refractivity contribution in [3.8, 4) is 0 Å². The van der Waals surface area contributed by atoms with Crippen molar-refractivity contribution in [1.82, 2.24) is 5.32 Å². The van der Waals surface area contributed by atoms with Crippen molar-refractivity contribution in [1.29, 1.82) is 0 Å². The number of halogens is 1. The Morgan fingerprint density at radius 2 is 1.60 bits per heavy atom. The van der Waals surface area contributed by atoms with Crippen molar-refractivity contribution in [3.63, 3.8) is 0 Å². The van der Waals surface area contributed by atoms with Crippen LogP contribution in [-0.4, -0.2) is 5.11 Å². The lowest BCUT2D eigenvalue weighted by Crippen LogP contribution is -2.20. The lowest BCUT2D eigenvalue weighted by Gasteiger charge is -2.17. The lowest BCUT2D eigenvalue weighted by molar-refractivity contribution is 0.282. The van der Waals surface area contributed by atoms with E-state index >= 15 is 0 Å². The summed E-state index contributed by atoms with van der Waals surface area (Å²) in [6.07, 6.45) is 0.945. The standard InChI is InChI=1S/C17H20FNO/c1-2-17(15-7-9-16(18)10-8-15)19-11-13-3-5-14(12-20)6-4-13/h3-10,17,19-20H,2,11-12H2,1H3. The van der Waals surface area contributed by atoms with Crippen molar-refractivity contribution < 1.29 is 9.50 Å². The topological polar surface area (TPSA) is 32.3 Å². The van der Waals surface area contributed by atoms with E-state index in [1.54, 1.807) is 0 Å². The molecule has 106 valence electrons. The van der Waals surface area contributed by atoms with Gasteiger partial charge in [0.1, 0.15) is 5.82 Å². The summed E-state index contributed by atoms with van der Waals surface area (Å²) in [6, 6.07) is 14.7. The van der Waals surface area contributed by atoms with E-state index in [2.05, 4.69) is 12.2 Å². The van der Waals surface area contributed by atoms with E-state index in [-0.39, 0.29) is 18.5 Å². The Balaban J connectivity index is 1.97. The van der Waals surface area contributed by atoms with E-state index in [1.807, 2.05) is 36.4 Å². The molecule has 2 N–H and O–H groups in total. The first-order valence-corrected chi connectivity index (χ1v) is 6.90. The van der Waals surface area contributed by atoms with Crippen LogP contribution < -0.4 is 5.32 Å². The molecule has 3 heteroatoms. The minimum absolute atomic E-state index is 0.0703. The van der Waals surface area contributed by atoms with Gasteiger partial charge in [0, 0.05) is 12.6 Å². The van der Waals surface area contributed by atoms with Gasteiger partial charge < -0.3 is 10.4 Å². The Morgan fingerprint density at radius 3 is 2.15 bits per heavy atom.